The Labute approximate surface area is 124 Å². The number of amides is 1. The molecule has 1 aromatic rings. The van der Waals surface area contributed by atoms with Crippen LogP contribution in [0.25, 0.3) is 0 Å². The Kier molecular flexibility index (Phi) is 6.52. The van der Waals surface area contributed by atoms with Crippen LogP contribution in [0, 0.1) is 0 Å². The first kappa shape index (κ1) is 16.8. The van der Waals surface area contributed by atoms with Crippen molar-refractivity contribution < 1.29 is 19.4 Å². The highest BCUT2D eigenvalue weighted by molar-refractivity contribution is 5.84. The average Bonchev–Trinajstić information content (AvgIpc) is 2.47. The fourth-order valence-electron chi connectivity index (χ4n) is 2.03. The second-order valence-corrected chi connectivity index (χ2v) is 4.51. The molecule has 0 bridgehead atoms. The van der Waals surface area contributed by atoms with Crippen LogP contribution in [0.2, 0.25) is 0 Å². The topological polar surface area (TPSA) is 70.1 Å². The van der Waals surface area contributed by atoms with Crippen LogP contribution in [0.5, 0.6) is 5.75 Å². The number of carboxylic acid groups (broad SMARTS) is 1. The van der Waals surface area contributed by atoms with Crippen molar-refractivity contribution in [3.63, 3.8) is 0 Å². The van der Waals surface area contributed by atoms with Crippen LogP contribution in [-0.2, 0) is 9.59 Å². The van der Waals surface area contributed by atoms with Gasteiger partial charge in [0.2, 0.25) is 5.91 Å². The zero-order chi connectivity index (χ0) is 15.8. The molecule has 116 valence electrons. The van der Waals surface area contributed by atoms with Crippen LogP contribution in [0.3, 0.4) is 0 Å². The number of carbonyl (C=O) groups excluding carboxylic acids is 1. The minimum Gasteiger partial charge on any atom is -0.497 e. The molecule has 0 saturated carbocycles. The van der Waals surface area contributed by atoms with Gasteiger partial charge in [0.25, 0.3) is 0 Å². The summed E-state index contributed by atoms with van der Waals surface area (Å²) in [5, 5.41) is 9.02. The smallest absolute Gasteiger partial charge is 0.323 e. The van der Waals surface area contributed by atoms with Crippen molar-refractivity contribution in [3.05, 3.63) is 24.3 Å². The van der Waals surface area contributed by atoms with Crippen molar-refractivity contribution in [1.29, 1.82) is 0 Å². The van der Waals surface area contributed by atoms with E-state index in [0.29, 0.717) is 24.5 Å². The van der Waals surface area contributed by atoms with E-state index in [1.807, 2.05) is 13.8 Å². The van der Waals surface area contributed by atoms with Crippen molar-refractivity contribution in [2.45, 2.75) is 13.8 Å². The largest absolute Gasteiger partial charge is 0.497 e. The van der Waals surface area contributed by atoms with Gasteiger partial charge in [-0.05, 0) is 38.1 Å². The summed E-state index contributed by atoms with van der Waals surface area (Å²) in [6.45, 7) is 4.84. The number of carboxylic acids is 1. The molecule has 0 aliphatic rings. The molecule has 0 aliphatic heterocycles. The third-order valence-corrected chi connectivity index (χ3v) is 3.21. The van der Waals surface area contributed by atoms with Crippen LogP contribution in [0.1, 0.15) is 13.8 Å². The number of methoxy groups -OCH3 is 1. The molecule has 0 atom stereocenters. The molecule has 0 aromatic heterocycles. The Bertz CT molecular complexity index is 469. The monoisotopic (exact) mass is 294 g/mol. The number of hydrogen-bond donors (Lipinski definition) is 1. The van der Waals surface area contributed by atoms with Crippen LogP contribution >= 0.6 is 0 Å². The molecule has 0 saturated heterocycles. The number of ether oxygens (including phenoxy) is 1. The zero-order valence-corrected chi connectivity index (χ0v) is 12.7. The summed E-state index contributed by atoms with van der Waals surface area (Å²) in [6, 6.07) is 6.98. The SMILES string of the molecule is CCN(CC)C(=O)CN(CC(=O)O)c1ccc(OC)cc1. The molecule has 0 fully saturated rings. The predicted octanol–water partition coefficient (Wildman–Crippen LogP) is 1.45. The number of benzene rings is 1. The maximum Gasteiger partial charge on any atom is 0.323 e. The Morgan fingerprint density at radius 1 is 1.10 bits per heavy atom. The summed E-state index contributed by atoms with van der Waals surface area (Å²) in [7, 11) is 1.56. The lowest BCUT2D eigenvalue weighted by Crippen LogP contribution is -2.42. The number of carbonyl (C=O) groups is 2. The Morgan fingerprint density at radius 3 is 2.10 bits per heavy atom. The molecule has 1 rings (SSSR count). The number of hydrogen-bond acceptors (Lipinski definition) is 4. The van der Waals surface area contributed by atoms with Gasteiger partial charge in [-0.25, -0.2) is 0 Å². The van der Waals surface area contributed by atoms with Crippen molar-refractivity contribution in [2.24, 2.45) is 0 Å². The van der Waals surface area contributed by atoms with Crippen molar-refractivity contribution >= 4 is 17.6 Å². The summed E-state index contributed by atoms with van der Waals surface area (Å²) in [4.78, 5) is 26.4. The number of rotatable bonds is 8. The van der Waals surface area contributed by atoms with E-state index in [1.54, 1.807) is 41.2 Å². The Morgan fingerprint density at radius 2 is 1.67 bits per heavy atom. The standard InChI is InChI=1S/C15H22N2O4/c1-4-16(5-2)14(18)10-17(11-15(19)20)12-6-8-13(21-3)9-7-12/h6-9H,4-5,10-11H2,1-3H3,(H,19,20). The van der Waals surface area contributed by atoms with Gasteiger partial charge >= 0.3 is 5.97 Å². The minimum atomic E-state index is -0.974. The highest BCUT2D eigenvalue weighted by Crippen LogP contribution is 2.19. The molecule has 1 N–H and O–H groups in total. The van der Waals surface area contributed by atoms with Crippen molar-refractivity contribution in [1.82, 2.24) is 4.90 Å². The predicted molar refractivity (Wildman–Crippen MR) is 80.8 cm³/mol. The maximum absolute atomic E-state index is 12.2. The molecular weight excluding hydrogens is 272 g/mol. The van der Waals surface area contributed by atoms with E-state index >= 15 is 0 Å². The number of aliphatic carboxylic acids is 1. The molecular formula is C15H22N2O4. The third kappa shape index (κ3) is 4.98. The third-order valence-electron chi connectivity index (χ3n) is 3.21. The van der Waals surface area contributed by atoms with Crippen LogP contribution in [0.15, 0.2) is 24.3 Å². The minimum absolute atomic E-state index is 0.0420. The molecule has 0 spiro atoms. The summed E-state index contributed by atoms with van der Waals surface area (Å²) >= 11 is 0. The lowest BCUT2D eigenvalue weighted by Gasteiger charge is -2.26. The van der Waals surface area contributed by atoms with Gasteiger partial charge in [-0.15, -0.1) is 0 Å². The van der Waals surface area contributed by atoms with Gasteiger partial charge in [-0.1, -0.05) is 0 Å². The molecule has 0 heterocycles. The number of anilines is 1. The van der Waals surface area contributed by atoms with Gasteiger partial charge in [0.15, 0.2) is 0 Å². The zero-order valence-electron chi connectivity index (χ0n) is 12.7. The maximum atomic E-state index is 12.2. The summed E-state index contributed by atoms with van der Waals surface area (Å²) in [5.41, 5.74) is 0.679. The van der Waals surface area contributed by atoms with Crippen molar-refractivity contribution in [3.8, 4) is 5.75 Å². The van der Waals surface area contributed by atoms with E-state index in [4.69, 9.17) is 9.84 Å². The van der Waals surface area contributed by atoms with E-state index in [9.17, 15) is 9.59 Å². The lowest BCUT2D eigenvalue weighted by atomic mass is 10.2. The van der Waals surface area contributed by atoms with E-state index in [1.165, 1.54) is 0 Å². The fraction of sp³-hybridized carbons (Fsp3) is 0.467. The van der Waals surface area contributed by atoms with Crippen LogP contribution in [-0.4, -0.2) is 55.2 Å². The first-order valence-corrected chi connectivity index (χ1v) is 6.90. The molecule has 21 heavy (non-hydrogen) atoms. The normalized spacial score (nSPS) is 10.0. The summed E-state index contributed by atoms with van der Waals surface area (Å²) < 4.78 is 5.07. The highest BCUT2D eigenvalue weighted by atomic mass is 16.5. The fourth-order valence-corrected chi connectivity index (χ4v) is 2.03. The second kappa shape index (κ2) is 8.14. The lowest BCUT2D eigenvalue weighted by molar-refractivity contribution is -0.135. The van der Waals surface area contributed by atoms with E-state index in [2.05, 4.69) is 0 Å². The van der Waals surface area contributed by atoms with Gasteiger partial charge in [0.05, 0.1) is 13.7 Å². The molecule has 1 amide bonds. The van der Waals surface area contributed by atoms with Gasteiger partial charge in [-0.2, -0.15) is 0 Å². The van der Waals surface area contributed by atoms with Gasteiger partial charge in [0, 0.05) is 18.8 Å². The van der Waals surface area contributed by atoms with Crippen LogP contribution < -0.4 is 9.64 Å². The van der Waals surface area contributed by atoms with Crippen molar-refractivity contribution in [2.75, 3.05) is 38.2 Å². The summed E-state index contributed by atoms with van der Waals surface area (Å²) in [6.07, 6.45) is 0. The quantitative estimate of drug-likeness (QED) is 0.786. The molecule has 1 aromatic carbocycles. The van der Waals surface area contributed by atoms with E-state index in [-0.39, 0.29) is 19.0 Å². The summed E-state index contributed by atoms with van der Waals surface area (Å²) in [5.74, 6) is -0.376. The number of likely N-dealkylation sites (N-methyl/N-ethyl adjacent to an activating group) is 1. The highest BCUT2D eigenvalue weighted by Gasteiger charge is 2.18. The first-order valence-electron chi connectivity index (χ1n) is 6.90. The van der Waals surface area contributed by atoms with Gasteiger partial charge in [0.1, 0.15) is 12.3 Å². The van der Waals surface area contributed by atoms with Crippen LogP contribution in [0.4, 0.5) is 5.69 Å². The molecule has 6 nitrogen and oxygen atoms in total. The number of nitrogens with zero attached hydrogens (tertiary/aromatic N) is 2. The Balaban J connectivity index is 2.88. The second-order valence-electron chi connectivity index (χ2n) is 4.51. The first-order chi connectivity index (χ1) is 10.0. The molecule has 0 radical (unpaired) electrons. The van der Waals surface area contributed by atoms with Gasteiger partial charge < -0.3 is 19.6 Å². The molecule has 0 unspecified atom stereocenters. The molecule has 6 heteroatoms. The van der Waals surface area contributed by atoms with E-state index < -0.39 is 5.97 Å². The van der Waals surface area contributed by atoms with E-state index in [0.717, 1.165) is 0 Å². The van der Waals surface area contributed by atoms with Gasteiger partial charge in [-0.3, -0.25) is 9.59 Å². The molecule has 0 aliphatic carbocycles. The average molecular weight is 294 g/mol. The Hall–Kier alpha value is -2.24.